The predicted molar refractivity (Wildman–Crippen MR) is 86.6 cm³/mol. The maximum absolute atomic E-state index is 13.0. The number of nitrogens with zero attached hydrogens (tertiary/aromatic N) is 1. The lowest BCUT2D eigenvalue weighted by Gasteiger charge is -2.29. The first-order valence-corrected chi connectivity index (χ1v) is 9.14. The van der Waals surface area contributed by atoms with Gasteiger partial charge in [-0.3, -0.25) is 0 Å². The van der Waals surface area contributed by atoms with E-state index in [9.17, 15) is 8.42 Å². The minimum atomic E-state index is -3.44. The van der Waals surface area contributed by atoms with Crippen LogP contribution < -0.4 is 5.73 Å². The molecule has 0 saturated heterocycles. The third kappa shape index (κ3) is 3.58. The Morgan fingerprint density at radius 1 is 1.29 bits per heavy atom. The molecule has 1 aliphatic rings. The number of nitrogen functional groups attached to an aromatic ring is 1. The van der Waals surface area contributed by atoms with Gasteiger partial charge in [-0.25, -0.2) is 8.42 Å². The average molecular weight is 310 g/mol. The summed E-state index contributed by atoms with van der Waals surface area (Å²) in [6.45, 7) is 6.55. The minimum absolute atomic E-state index is 0.148. The lowest BCUT2D eigenvalue weighted by atomic mass is 10.2. The molecule has 0 unspecified atom stereocenters. The summed E-state index contributed by atoms with van der Waals surface area (Å²) in [5.74, 6) is 0.315. The van der Waals surface area contributed by atoms with Crippen molar-refractivity contribution < 1.29 is 8.42 Å². The van der Waals surface area contributed by atoms with Crippen molar-refractivity contribution in [2.24, 2.45) is 5.92 Å². The number of nitrogens with two attached hydrogens (primary N) is 1. The van der Waals surface area contributed by atoms with Crippen molar-refractivity contribution in [2.75, 3.05) is 12.3 Å². The van der Waals surface area contributed by atoms with E-state index in [1.54, 1.807) is 22.5 Å². The van der Waals surface area contributed by atoms with Gasteiger partial charge in [0.25, 0.3) is 0 Å². The Morgan fingerprint density at radius 3 is 2.43 bits per heavy atom. The van der Waals surface area contributed by atoms with Crippen molar-refractivity contribution in [3.8, 4) is 0 Å². The molecular formula is C16H26N2O2S. The van der Waals surface area contributed by atoms with Crippen molar-refractivity contribution in [1.29, 1.82) is 0 Å². The fraction of sp³-hybridized carbons (Fsp3) is 0.625. The second-order valence-electron chi connectivity index (χ2n) is 6.43. The van der Waals surface area contributed by atoms with Crippen molar-refractivity contribution in [1.82, 2.24) is 4.31 Å². The van der Waals surface area contributed by atoms with Gasteiger partial charge in [-0.15, -0.1) is 0 Å². The van der Waals surface area contributed by atoms with E-state index in [4.69, 9.17) is 5.73 Å². The van der Waals surface area contributed by atoms with Gasteiger partial charge >= 0.3 is 0 Å². The Labute approximate surface area is 128 Å². The van der Waals surface area contributed by atoms with Crippen LogP contribution in [0, 0.1) is 12.8 Å². The van der Waals surface area contributed by atoms with Gasteiger partial charge in [-0.1, -0.05) is 26.7 Å². The summed E-state index contributed by atoms with van der Waals surface area (Å²) in [4.78, 5) is 0.363. The van der Waals surface area contributed by atoms with E-state index in [1.165, 1.54) is 0 Å². The van der Waals surface area contributed by atoms with Crippen LogP contribution in [0.1, 0.15) is 45.1 Å². The SMILES string of the molecule is Cc1cc(S(=O)(=O)N(CC(C)C)C2CCCC2)ccc1N. The number of aryl methyl sites for hydroxylation is 1. The van der Waals surface area contributed by atoms with Gasteiger partial charge < -0.3 is 5.73 Å². The molecule has 1 aromatic rings. The number of sulfonamides is 1. The van der Waals surface area contributed by atoms with Gasteiger partial charge in [0, 0.05) is 18.3 Å². The molecule has 1 aliphatic carbocycles. The second kappa shape index (κ2) is 6.36. The highest BCUT2D eigenvalue weighted by molar-refractivity contribution is 7.89. The summed E-state index contributed by atoms with van der Waals surface area (Å²) in [7, 11) is -3.44. The highest BCUT2D eigenvalue weighted by atomic mass is 32.2. The third-order valence-corrected chi connectivity index (χ3v) is 6.04. The van der Waals surface area contributed by atoms with Crippen LogP contribution in [-0.4, -0.2) is 25.3 Å². The van der Waals surface area contributed by atoms with E-state index >= 15 is 0 Å². The summed E-state index contributed by atoms with van der Waals surface area (Å²) < 4.78 is 27.7. The van der Waals surface area contributed by atoms with Crippen molar-refractivity contribution in [3.05, 3.63) is 23.8 Å². The Morgan fingerprint density at radius 2 is 1.90 bits per heavy atom. The summed E-state index contributed by atoms with van der Waals surface area (Å²) in [6.07, 6.45) is 4.19. The molecule has 21 heavy (non-hydrogen) atoms. The fourth-order valence-corrected chi connectivity index (χ4v) is 4.87. The van der Waals surface area contributed by atoms with Crippen LogP contribution in [0.3, 0.4) is 0 Å². The predicted octanol–water partition coefficient (Wildman–Crippen LogP) is 3.17. The highest BCUT2D eigenvalue weighted by Crippen LogP contribution is 2.30. The number of hydrogen-bond donors (Lipinski definition) is 1. The molecule has 118 valence electrons. The second-order valence-corrected chi connectivity index (χ2v) is 8.32. The highest BCUT2D eigenvalue weighted by Gasteiger charge is 2.33. The van der Waals surface area contributed by atoms with Crippen LogP contribution in [0.4, 0.5) is 5.69 Å². The first-order valence-electron chi connectivity index (χ1n) is 7.70. The van der Waals surface area contributed by atoms with Gasteiger partial charge in [-0.05, 0) is 49.4 Å². The van der Waals surface area contributed by atoms with E-state index < -0.39 is 10.0 Å². The van der Waals surface area contributed by atoms with Gasteiger partial charge in [0.1, 0.15) is 0 Å². The molecule has 5 heteroatoms. The van der Waals surface area contributed by atoms with Crippen LogP contribution in [-0.2, 0) is 10.0 Å². The van der Waals surface area contributed by atoms with Crippen molar-refractivity contribution in [3.63, 3.8) is 0 Å². The van der Waals surface area contributed by atoms with Gasteiger partial charge in [0.2, 0.25) is 10.0 Å². The van der Waals surface area contributed by atoms with Gasteiger partial charge in [0.15, 0.2) is 0 Å². The van der Waals surface area contributed by atoms with Crippen LogP contribution >= 0.6 is 0 Å². The molecule has 0 heterocycles. The lowest BCUT2D eigenvalue weighted by molar-refractivity contribution is 0.292. The van der Waals surface area contributed by atoms with E-state index in [0.717, 1.165) is 31.2 Å². The zero-order valence-electron chi connectivity index (χ0n) is 13.2. The van der Waals surface area contributed by atoms with Gasteiger partial charge in [-0.2, -0.15) is 4.31 Å². The molecule has 0 amide bonds. The molecule has 0 aromatic heterocycles. The maximum Gasteiger partial charge on any atom is 0.243 e. The average Bonchev–Trinajstić information content (AvgIpc) is 2.92. The molecule has 0 spiro atoms. The molecule has 2 rings (SSSR count). The monoisotopic (exact) mass is 310 g/mol. The summed E-state index contributed by atoms with van der Waals surface area (Å²) in [5, 5.41) is 0. The topological polar surface area (TPSA) is 63.4 Å². The van der Waals surface area contributed by atoms with E-state index in [1.807, 2.05) is 6.92 Å². The molecule has 1 aromatic carbocycles. The molecule has 0 atom stereocenters. The standard InChI is InChI=1S/C16H26N2O2S/c1-12(2)11-18(14-6-4-5-7-14)21(19,20)15-8-9-16(17)13(3)10-15/h8-10,12,14H,4-7,11,17H2,1-3H3. The third-order valence-electron chi connectivity index (χ3n) is 4.12. The van der Waals surface area contributed by atoms with E-state index in [-0.39, 0.29) is 6.04 Å². The zero-order chi connectivity index (χ0) is 15.6. The molecule has 2 N–H and O–H groups in total. The summed E-state index contributed by atoms with van der Waals surface area (Å²) in [5.41, 5.74) is 7.24. The summed E-state index contributed by atoms with van der Waals surface area (Å²) in [6, 6.07) is 5.15. The molecule has 1 fully saturated rings. The smallest absolute Gasteiger partial charge is 0.243 e. The Hall–Kier alpha value is -1.07. The van der Waals surface area contributed by atoms with Crippen molar-refractivity contribution >= 4 is 15.7 Å². The van der Waals surface area contributed by atoms with E-state index in [2.05, 4.69) is 13.8 Å². The quantitative estimate of drug-likeness (QED) is 0.850. The number of rotatable bonds is 5. The maximum atomic E-state index is 13.0. The molecule has 4 nitrogen and oxygen atoms in total. The van der Waals surface area contributed by atoms with Crippen LogP contribution in [0.2, 0.25) is 0 Å². The first kappa shape index (κ1) is 16.3. The molecule has 0 bridgehead atoms. The molecular weight excluding hydrogens is 284 g/mol. The van der Waals surface area contributed by atoms with Gasteiger partial charge in [0.05, 0.1) is 4.90 Å². The number of anilines is 1. The van der Waals surface area contributed by atoms with Crippen molar-refractivity contribution in [2.45, 2.75) is 57.4 Å². The Bertz CT molecular complexity index is 590. The van der Waals surface area contributed by atoms with Crippen LogP contribution in [0.15, 0.2) is 23.1 Å². The fourth-order valence-electron chi connectivity index (χ4n) is 2.94. The van der Waals surface area contributed by atoms with Crippen LogP contribution in [0.25, 0.3) is 0 Å². The zero-order valence-corrected chi connectivity index (χ0v) is 14.0. The molecule has 0 aliphatic heterocycles. The Kier molecular flexibility index (Phi) is 4.94. The van der Waals surface area contributed by atoms with E-state index in [0.29, 0.717) is 23.0 Å². The largest absolute Gasteiger partial charge is 0.399 e. The normalized spacial score (nSPS) is 17.0. The minimum Gasteiger partial charge on any atom is -0.399 e. The molecule has 0 radical (unpaired) electrons. The summed E-state index contributed by atoms with van der Waals surface area (Å²) >= 11 is 0. The number of hydrogen-bond acceptors (Lipinski definition) is 3. The molecule has 1 saturated carbocycles. The Balaban J connectivity index is 2.38. The first-order chi connectivity index (χ1) is 9.82. The van der Waals surface area contributed by atoms with Crippen LogP contribution in [0.5, 0.6) is 0 Å². The number of benzene rings is 1. The lowest BCUT2D eigenvalue weighted by Crippen LogP contribution is -2.41.